The molecule has 0 fully saturated rings. The van der Waals surface area contributed by atoms with Crippen LogP contribution in [0.25, 0.3) is 11.3 Å². The zero-order valence-electron chi connectivity index (χ0n) is 16.8. The molecule has 33 heavy (non-hydrogen) atoms. The quantitative estimate of drug-likeness (QED) is 0.289. The SMILES string of the molecule is COc1ccc(S(=O)(=O)Nc2cccc(C(=O)Nc3nc(-c4cc(Cl)sc4Cl)cs3)c2)cc1. The van der Waals surface area contributed by atoms with Gasteiger partial charge in [-0.05, 0) is 48.5 Å². The topological polar surface area (TPSA) is 97.4 Å². The highest BCUT2D eigenvalue weighted by atomic mass is 35.5. The van der Waals surface area contributed by atoms with Gasteiger partial charge in [-0.15, -0.1) is 22.7 Å². The number of hydrogen-bond donors (Lipinski definition) is 2. The van der Waals surface area contributed by atoms with E-state index in [0.717, 1.165) is 0 Å². The lowest BCUT2D eigenvalue weighted by Crippen LogP contribution is -2.15. The summed E-state index contributed by atoms with van der Waals surface area (Å²) in [6.45, 7) is 0. The fraction of sp³-hybridized carbons (Fsp3) is 0.0476. The number of rotatable bonds is 7. The van der Waals surface area contributed by atoms with Crippen LogP contribution in [0.2, 0.25) is 8.67 Å². The second kappa shape index (κ2) is 9.70. The van der Waals surface area contributed by atoms with Gasteiger partial charge in [-0.2, -0.15) is 0 Å². The second-order valence-electron chi connectivity index (χ2n) is 6.59. The van der Waals surface area contributed by atoms with Gasteiger partial charge in [0.25, 0.3) is 15.9 Å². The highest BCUT2D eigenvalue weighted by Gasteiger charge is 2.17. The van der Waals surface area contributed by atoms with Crippen molar-refractivity contribution in [1.29, 1.82) is 0 Å². The third-order valence-corrected chi connectivity index (χ3v) is 8.05. The van der Waals surface area contributed by atoms with E-state index in [-0.39, 0.29) is 16.1 Å². The van der Waals surface area contributed by atoms with Crippen LogP contribution < -0.4 is 14.8 Å². The predicted molar refractivity (Wildman–Crippen MR) is 134 cm³/mol. The molecule has 2 aromatic heterocycles. The van der Waals surface area contributed by atoms with Crippen molar-refractivity contribution >= 4 is 72.6 Å². The van der Waals surface area contributed by atoms with Gasteiger partial charge in [0, 0.05) is 22.2 Å². The van der Waals surface area contributed by atoms with Gasteiger partial charge >= 0.3 is 0 Å². The molecule has 0 aliphatic heterocycles. The number of nitrogens with zero attached hydrogens (tertiary/aromatic N) is 1. The maximum absolute atomic E-state index is 12.7. The number of thiophene rings is 1. The molecule has 0 saturated carbocycles. The Balaban J connectivity index is 1.48. The fourth-order valence-corrected chi connectivity index (χ4v) is 6.07. The third kappa shape index (κ3) is 5.48. The Morgan fingerprint density at radius 3 is 2.52 bits per heavy atom. The van der Waals surface area contributed by atoms with Crippen molar-refractivity contribution in [2.75, 3.05) is 17.1 Å². The summed E-state index contributed by atoms with van der Waals surface area (Å²) in [5.41, 5.74) is 1.80. The van der Waals surface area contributed by atoms with Gasteiger partial charge in [0.05, 0.1) is 22.0 Å². The number of amides is 1. The van der Waals surface area contributed by atoms with E-state index in [1.54, 1.807) is 41.8 Å². The van der Waals surface area contributed by atoms with Crippen molar-refractivity contribution in [1.82, 2.24) is 4.98 Å². The van der Waals surface area contributed by atoms with E-state index in [0.29, 0.717) is 30.8 Å². The summed E-state index contributed by atoms with van der Waals surface area (Å²) in [4.78, 5) is 17.2. The van der Waals surface area contributed by atoms with E-state index in [1.165, 1.54) is 48.0 Å². The van der Waals surface area contributed by atoms with Crippen LogP contribution in [0.5, 0.6) is 5.75 Å². The number of methoxy groups -OCH3 is 1. The zero-order chi connectivity index (χ0) is 23.6. The first kappa shape index (κ1) is 23.5. The smallest absolute Gasteiger partial charge is 0.261 e. The fourth-order valence-electron chi connectivity index (χ4n) is 2.83. The van der Waals surface area contributed by atoms with Crippen LogP contribution >= 0.6 is 45.9 Å². The second-order valence-corrected chi connectivity index (χ2v) is 11.4. The molecule has 1 amide bonds. The molecule has 0 aliphatic rings. The first-order chi connectivity index (χ1) is 15.7. The molecule has 12 heteroatoms. The number of carbonyl (C=O) groups excluding carboxylic acids is 1. The van der Waals surface area contributed by atoms with E-state index in [1.807, 2.05) is 0 Å². The highest BCUT2D eigenvalue weighted by Crippen LogP contribution is 2.39. The van der Waals surface area contributed by atoms with E-state index in [9.17, 15) is 13.2 Å². The van der Waals surface area contributed by atoms with E-state index in [2.05, 4.69) is 15.0 Å². The van der Waals surface area contributed by atoms with Crippen molar-refractivity contribution < 1.29 is 17.9 Å². The van der Waals surface area contributed by atoms with Gasteiger partial charge in [-0.3, -0.25) is 14.8 Å². The largest absolute Gasteiger partial charge is 0.497 e. The molecule has 0 aliphatic carbocycles. The third-order valence-electron chi connectivity index (χ3n) is 4.40. The zero-order valence-corrected chi connectivity index (χ0v) is 20.8. The van der Waals surface area contributed by atoms with E-state index < -0.39 is 15.9 Å². The molecular weight excluding hydrogens is 525 g/mol. The van der Waals surface area contributed by atoms with Crippen molar-refractivity contribution in [3.8, 4) is 17.0 Å². The number of nitrogens with one attached hydrogen (secondary N) is 2. The highest BCUT2D eigenvalue weighted by molar-refractivity contribution is 7.92. The number of benzene rings is 2. The molecule has 0 spiro atoms. The van der Waals surface area contributed by atoms with Gasteiger partial charge in [-0.1, -0.05) is 29.3 Å². The minimum Gasteiger partial charge on any atom is -0.497 e. The number of sulfonamides is 1. The molecule has 4 aromatic rings. The summed E-state index contributed by atoms with van der Waals surface area (Å²) in [5, 5.41) is 4.85. The first-order valence-electron chi connectivity index (χ1n) is 9.24. The Kier molecular flexibility index (Phi) is 6.91. The summed E-state index contributed by atoms with van der Waals surface area (Å²) < 4.78 is 33.9. The molecule has 0 unspecified atom stereocenters. The van der Waals surface area contributed by atoms with E-state index in [4.69, 9.17) is 27.9 Å². The average molecular weight is 540 g/mol. The lowest BCUT2D eigenvalue weighted by atomic mass is 10.2. The van der Waals surface area contributed by atoms with Crippen LogP contribution in [0.15, 0.2) is 64.9 Å². The summed E-state index contributed by atoms with van der Waals surface area (Å²) in [6.07, 6.45) is 0. The number of anilines is 2. The first-order valence-corrected chi connectivity index (χ1v) is 13.2. The summed E-state index contributed by atoms with van der Waals surface area (Å²) >= 11 is 14.6. The molecule has 0 saturated heterocycles. The Labute approximate surface area is 208 Å². The normalized spacial score (nSPS) is 11.2. The number of ether oxygens (including phenoxy) is 1. The molecule has 0 radical (unpaired) electrons. The average Bonchev–Trinajstić information content (AvgIpc) is 3.38. The van der Waals surface area contributed by atoms with Gasteiger partial charge in [-0.25, -0.2) is 13.4 Å². The van der Waals surface area contributed by atoms with Gasteiger partial charge < -0.3 is 4.74 Å². The van der Waals surface area contributed by atoms with Crippen LogP contribution in [-0.2, 0) is 10.0 Å². The molecule has 2 N–H and O–H groups in total. The molecule has 4 rings (SSSR count). The standard InChI is InChI=1S/C21H15Cl2N3O4S3/c1-30-14-5-7-15(8-6-14)33(28,29)26-13-4-2-3-12(9-13)20(27)25-21-24-17(11-31-21)16-10-18(22)32-19(16)23/h2-11,26H,1H3,(H,24,25,27). The Hall–Kier alpha value is -2.63. The number of thiazole rings is 1. The monoisotopic (exact) mass is 539 g/mol. The van der Waals surface area contributed by atoms with Crippen molar-refractivity contribution in [3.63, 3.8) is 0 Å². The molecular formula is C21H15Cl2N3O4S3. The van der Waals surface area contributed by atoms with Gasteiger partial charge in [0.15, 0.2) is 5.13 Å². The number of halogens is 2. The van der Waals surface area contributed by atoms with Crippen molar-refractivity contribution in [3.05, 3.63) is 74.2 Å². The molecule has 2 heterocycles. The summed E-state index contributed by atoms with van der Waals surface area (Å²) in [5.74, 6) is 0.109. The van der Waals surface area contributed by atoms with Crippen molar-refractivity contribution in [2.45, 2.75) is 4.90 Å². The molecule has 0 atom stereocenters. The van der Waals surface area contributed by atoms with Gasteiger partial charge in [0.2, 0.25) is 0 Å². The Bertz CT molecular complexity index is 1420. The summed E-state index contributed by atoms with van der Waals surface area (Å²) in [7, 11) is -2.34. The van der Waals surface area contributed by atoms with E-state index >= 15 is 0 Å². The molecule has 170 valence electrons. The van der Waals surface area contributed by atoms with Crippen LogP contribution in [0, 0.1) is 0 Å². The lowest BCUT2D eigenvalue weighted by molar-refractivity contribution is 0.102. The van der Waals surface area contributed by atoms with Crippen LogP contribution in [0.3, 0.4) is 0 Å². The molecule has 7 nitrogen and oxygen atoms in total. The van der Waals surface area contributed by atoms with Crippen LogP contribution in [0.4, 0.5) is 10.8 Å². The summed E-state index contributed by atoms with van der Waals surface area (Å²) in [6, 6.07) is 13.9. The number of carbonyl (C=O) groups is 1. The van der Waals surface area contributed by atoms with Crippen molar-refractivity contribution in [2.24, 2.45) is 0 Å². The Morgan fingerprint density at radius 2 is 1.85 bits per heavy atom. The number of aromatic nitrogens is 1. The maximum Gasteiger partial charge on any atom is 0.261 e. The molecule has 2 aromatic carbocycles. The number of hydrogen-bond acceptors (Lipinski definition) is 7. The van der Waals surface area contributed by atoms with Gasteiger partial charge in [0.1, 0.15) is 10.1 Å². The minimum absolute atomic E-state index is 0.0701. The predicted octanol–water partition coefficient (Wildman–Crippen LogP) is 6.24. The Morgan fingerprint density at radius 1 is 1.09 bits per heavy atom. The maximum atomic E-state index is 12.7. The van der Waals surface area contributed by atoms with Crippen LogP contribution in [0.1, 0.15) is 10.4 Å². The minimum atomic E-state index is -3.84. The van der Waals surface area contributed by atoms with Crippen LogP contribution in [-0.4, -0.2) is 26.4 Å². The lowest BCUT2D eigenvalue weighted by Gasteiger charge is -2.10. The molecule has 0 bridgehead atoms.